The third-order valence-corrected chi connectivity index (χ3v) is 5.57. The third kappa shape index (κ3) is 3.43. The van der Waals surface area contributed by atoms with Gasteiger partial charge in [0.25, 0.3) is 5.69 Å². The smallest absolute Gasteiger partial charge is 0.387 e. The standard InChI is InChI=1S/C12H14F2N2O5S/c1-8-7-15(4-5-22(8,19)20)10-3-2-9(16(17)18)6-11(10)21-12(13)14/h2-3,6,8,12H,4-5,7H2,1H3. The van der Waals surface area contributed by atoms with Crippen molar-refractivity contribution in [3.05, 3.63) is 28.3 Å². The van der Waals surface area contributed by atoms with Gasteiger partial charge in [-0.05, 0) is 13.0 Å². The fraction of sp³-hybridized carbons (Fsp3) is 0.500. The zero-order valence-corrected chi connectivity index (χ0v) is 12.4. The predicted molar refractivity (Wildman–Crippen MR) is 75.2 cm³/mol. The van der Waals surface area contributed by atoms with Gasteiger partial charge in [0, 0.05) is 19.2 Å². The molecule has 0 N–H and O–H groups in total. The van der Waals surface area contributed by atoms with Crippen molar-refractivity contribution in [3.8, 4) is 5.75 Å². The Balaban J connectivity index is 2.35. The van der Waals surface area contributed by atoms with Crippen LogP contribution in [-0.2, 0) is 9.84 Å². The molecule has 2 rings (SSSR count). The van der Waals surface area contributed by atoms with Gasteiger partial charge in [-0.25, -0.2) is 8.42 Å². The number of hydrogen-bond acceptors (Lipinski definition) is 6. The van der Waals surface area contributed by atoms with Gasteiger partial charge >= 0.3 is 6.61 Å². The molecule has 1 heterocycles. The summed E-state index contributed by atoms with van der Waals surface area (Å²) in [6, 6.07) is 3.37. The Kier molecular flexibility index (Phi) is 4.50. The molecule has 0 aliphatic carbocycles. The van der Waals surface area contributed by atoms with Gasteiger partial charge in [0.05, 0.1) is 27.7 Å². The van der Waals surface area contributed by atoms with Crippen LogP contribution in [0.5, 0.6) is 5.75 Å². The molecule has 1 aliphatic heterocycles. The summed E-state index contributed by atoms with van der Waals surface area (Å²) in [4.78, 5) is 11.6. The van der Waals surface area contributed by atoms with Crippen LogP contribution in [-0.4, -0.2) is 44.0 Å². The highest BCUT2D eigenvalue weighted by molar-refractivity contribution is 7.92. The van der Waals surface area contributed by atoms with Gasteiger partial charge in [-0.3, -0.25) is 10.1 Å². The second-order valence-electron chi connectivity index (χ2n) is 4.91. The molecule has 7 nitrogen and oxygen atoms in total. The number of non-ortho nitro benzene ring substituents is 1. The van der Waals surface area contributed by atoms with E-state index in [-0.39, 0.29) is 36.0 Å². The predicted octanol–water partition coefficient (Wildman–Crippen LogP) is 1.82. The van der Waals surface area contributed by atoms with E-state index in [4.69, 9.17) is 0 Å². The molecule has 1 aliphatic rings. The van der Waals surface area contributed by atoms with E-state index in [0.29, 0.717) is 0 Å². The lowest BCUT2D eigenvalue weighted by atomic mass is 10.2. The Bertz CT molecular complexity index is 680. The molecule has 0 aromatic heterocycles. The molecule has 1 atom stereocenters. The van der Waals surface area contributed by atoms with E-state index in [1.165, 1.54) is 19.1 Å². The molecule has 0 radical (unpaired) electrons. The third-order valence-electron chi connectivity index (χ3n) is 3.45. The maximum atomic E-state index is 12.5. The maximum Gasteiger partial charge on any atom is 0.387 e. The molecule has 0 bridgehead atoms. The molecule has 22 heavy (non-hydrogen) atoms. The van der Waals surface area contributed by atoms with Crippen molar-refractivity contribution in [2.45, 2.75) is 18.8 Å². The van der Waals surface area contributed by atoms with Crippen molar-refractivity contribution >= 4 is 21.2 Å². The summed E-state index contributed by atoms with van der Waals surface area (Å²) in [6.45, 7) is -1.38. The van der Waals surface area contributed by atoms with Gasteiger partial charge in [0.1, 0.15) is 0 Å². The fourth-order valence-electron chi connectivity index (χ4n) is 2.24. The Labute approximate surface area is 125 Å². The minimum absolute atomic E-state index is 0.111. The molecule has 0 saturated carbocycles. The topological polar surface area (TPSA) is 89.8 Å². The first kappa shape index (κ1) is 16.4. The normalized spacial score (nSPS) is 20.9. The summed E-state index contributed by atoms with van der Waals surface area (Å²) in [7, 11) is -3.20. The molecule has 1 unspecified atom stereocenters. The van der Waals surface area contributed by atoms with E-state index in [1.54, 1.807) is 4.90 Å². The minimum atomic E-state index is -3.20. The monoisotopic (exact) mass is 336 g/mol. The maximum absolute atomic E-state index is 12.5. The molecular weight excluding hydrogens is 322 g/mol. The first-order valence-electron chi connectivity index (χ1n) is 6.40. The van der Waals surface area contributed by atoms with Crippen LogP contribution in [0.1, 0.15) is 6.92 Å². The van der Waals surface area contributed by atoms with Gasteiger partial charge in [-0.2, -0.15) is 8.78 Å². The quantitative estimate of drug-likeness (QED) is 0.615. The molecular formula is C12H14F2N2O5S. The Morgan fingerprint density at radius 1 is 1.45 bits per heavy atom. The van der Waals surface area contributed by atoms with Gasteiger partial charge in [0.15, 0.2) is 15.6 Å². The van der Waals surface area contributed by atoms with E-state index >= 15 is 0 Å². The van der Waals surface area contributed by atoms with Crippen molar-refractivity contribution in [2.75, 3.05) is 23.7 Å². The van der Waals surface area contributed by atoms with Gasteiger partial charge in [0.2, 0.25) is 0 Å². The number of rotatable bonds is 4. The average Bonchev–Trinajstić information content (AvgIpc) is 2.41. The largest absolute Gasteiger partial charge is 0.432 e. The zero-order chi connectivity index (χ0) is 16.5. The van der Waals surface area contributed by atoms with E-state index in [2.05, 4.69) is 4.74 Å². The summed E-state index contributed by atoms with van der Waals surface area (Å²) in [6.07, 6.45) is 0. The van der Waals surface area contributed by atoms with Crippen molar-refractivity contribution in [1.82, 2.24) is 0 Å². The summed E-state index contributed by atoms with van der Waals surface area (Å²) >= 11 is 0. The first-order chi connectivity index (χ1) is 10.2. The average molecular weight is 336 g/mol. The highest BCUT2D eigenvalue weighted by Crippen LogP contribution is 2.34. The lowest BCUT2D eigenvalue weighted by Crippen LogP contribution is -2.45. The Hall–Kier alpha value is -1.97. The Morgan fingerprint density at radius 2 is 2.14 bits per heavy atom. The first-order valence-corrected chi connectivity index (χ1v) is 8.12. The number of anilines is 1. The van der Waals surface area contributed by atoms with E-state index < -0.39 is 26.6 Å². The lowest BCUT2D eigenvalue weighted by Gasteiger charge is -2.33. The number of ether oxygens (including phenoxy) is 1. The number of sulfone groups is 1. The number of hydrogen-bond donors (Lipinski definition) is 0. The van der Waals surface area contributed by atoms with Crippen molar-refractivity contribution in [2.24, 2.45) is 0 Å². The molecule has 0 amide bonds. The second-order valence-corrected chi connectivity index (χ2v) is 7.45. The van der Waals surface area contributed by atoms with Crippen molar-refractivity contribution in [3.63, 3.8) is 0 Å². The van der Waals surface area contributed by atoms with E-state index in [9.17, 15) is 27.3 Å². The molecule has 1 saturated heterocycles. The summed E-state index contributed by atoms with van der Waals surface area (Å²) < 4.78 is 52.7. The number of nitro groups is 1. The van der Waals surface area contributed by atoms with Crippen LogP contribution < -0.4 is 9.64 Å². The van der Waals surface area contributed by atoms with E-state index in [1.807, 2.05) is 0 Å². The Morgan fingerprint density at radius 3 is 2.68 bits per heavy atom. The van der Waals surface area contributed by atoms with Crippen LogP contribution in [0.4, 0.5) is 20.2 Å². The number of benzene rings is 1. The lowest BCUT2D eigenvalue weighted by molar-refractivity contribution is -0.385. The van der Waals surface area contributed by atoms with Gasteiger partial charge < -0.3 is 9.64 Å². The molecule has 1 aromatic rings. The number of halogens is 2. The van der Waals surface area contributed by atoms with Crippen LogP contribution in [0.2, 0.25) is 0 Å². The van der Waals surface area contributed by atoms with E-state index in [0.717, 1.165) is 6.07 Å². The van der Waals surface area contributed by atoms with Gasteiger partial charge in [-0.1, -0.05) is 0 Å². The van der Waals surface area contributed by atoms with Crippen LogP contribution in [0.3, 0.4) is 0 Å². The second kappa shape index (κ2) is 6.03. The molecule has 122 valence electrons. The van der Waals surface area contributed by atoms with Crippen LogP contribution in [0, 0.1) is 10.1 Å². The highest BCUT2D eigenvalue weighted by atomic mass is 32.2. The number of nitrogens with zero attached hydrogens (tertiary/aromatic N) is 2. The summed E-state index contributed by atoms with van der Waals surface area (Å²) in [5.41, 5.74) is -0.162. The SMILES string of the molecule is CC1CN(c2ccc([N+](=O)[O-])cc2OC(F)F)CCS1(=O)=O. The zero-order valence-electron chi connectivity index (χ0n) is 11.6. The van der Waals surface area contributed by atoms with Crippen LogP contribution >= 0.6 is 0 Å². The number of alkyl halides is 2. The molecule has 0 spiro atoms. The summed E-state index contributed by atoms with van der Waals surface area (Å²) in [5.74, 6) is -0.449. The van der Waals surface area contributed by atoms with Crippen molar-refractivity contribution < 1.29 is 26.9 Å². The minimum Gasteiger partial charge on any atom is -0.432 e. The van der Waals surface area contributed by atoms with Crippen LogP contribution in [0.15, 0.2) is 18.2 Å². The highest BCUT2D eigenvalue weighted by Gasteiger charge is 2.31. The molecule has 10 heteroatoms. The number of nitro benzene ring substituents is 1. The van der Waals surface area contributed by atoms with Gasteiger partial charge in [-0.15, -0.1) is 0 Å². The summed E-state index contributed by atoms with van der Waals surface area (Å²) in [5, 5.41) is 10.1. The molecule has 1 fully saturated rings. The molecule has 1 aromatic carbocycles. The fourth-order valence-corrected chi connectivity index (χ4v) is 3.52. The van der Waals surface area contributed by atoms with Crippen molar-refractivity contribution in [1.29, 1.82) is 0 Å². The van der Waals surface area contributed by atoms with Crippen LogP contribution in [0.25, 0.3) is 0 Å².